The van der Waals surface area contributed by atoms with Crippen LogP contribution in [-0.2, 0) is 26.2 Å². The van der Waals surface area contributed by atoms with E-state index >= 15 is 0 Å². The van der Waals surface area contributed by atoms with Crippen LogP contribution in [0.4, 0.5) is 0 Å². The summed E-state index contributed by atoms with van der Waals surface area (Å²) < 4.78 is 27.9. The lowest BCUT2D eigenvalue weighted by Crippen LogP contribution is -2.65. The Balaban J connectivity index is 1.52. The molecule has 2 atom stereocenters. The Morgan fingerprint density at radius 3 is 2.24 bits per heavy atom. The van der Waals surface area contributed by atoms with E-state index in [0.29, 0.717) is 5.82 Å². The van der Waals surface area contributed by atoms with E-state index < -0.39 is 28.0 Å². The zero-order valence-electron chi connectivity index (χ0n) is 21.1. The molecule has 2 aromatic carbocycles. The molecule has 3 aromatic rings. The van der Waals surface area contributed by atoms with Crippen molar-refractivity contribution in [3.63, 3.8) is 0 Å². The maximum Gasteiger partial charge on any atom is 0.244 e. The van der Waals surface area contributed by atoms with Crippen molar-refractivity contribution in [1.29, 1.82) is 0 Å². The largest absolute Gasteiger partial charge is 0.350 e. The number of amides is 2. The second-order valence-electron chi connectivity index (χ2n) is 9.39. The molecule has 9 nitrogen and oxygen atoms in total. The Labute approximate surface area is 217 Å². The minimum atomic E-state index is -3.83. The highest BCUT2D eigenvalue weighted by atomic mass is 32.2. The van der Waals surface area contributed by atoms with Gasteiger partial charge in [0.2, 0.25) is 21.8 Å². The lowest BCUT2D eigenvalue weighted by atomic mass is 10.0. The summed E-state index contributed by atoms with van der Waals surface area (Å²) in [4.78, 5) is 36.6. The lowest BCUT2D eigenvalue weighted by Gasteiger charge is -2.44. The molecule has 2 heterocycles. The summed E-state index contributed by atoms with van der Waals surface area (Å²) in [5, 5.41) is 2.90. The van der Waals surface area contributed by atoms with Gasteiger partial charge in [-0.15, -0.1) is 0 Å². The van der Waals surface area contributed by atoms with Gasteiger partial charge < -0.3 is 10.2 Å². The normalized spacial score (nSPS) is 18.5. The van der Waals surface area contributed by atoms with Crippen molar-refractivity contribution >= 4 is 21.8 Å². The van der Waals surface area contributed by atoms with E-state index in [0.717, 1.165) is 11.1 Å². The molecule has 1 aliphatic heterocycles. The molecule has 0 unspecified atom stereocenters. The van der Waals surface area contributed by atoms with Crippen LogP contribution in [0.25, 0.3) is 11.4 Å². The van der Waals surface area contributed by atoms with Gasteiger partial charge in [0.15, 0.2) is 5.82 Å². The summed E-state index contributed by atoms with van der Waals surface area (Å²) >= 11 is 0. The SMILES string of the molecule is CC(C)C(=O)N1[C@H](C)CN(S(=O)(=O)c2ccccc2)C[C@@H]1C(=O)NCc1ccc(-c2ncccn2)cc1. The van der Waals surface area contributed by atoms with Gasteiger partial charge >= 0.3 is 0 Å². The summed E-state index contributed by atoms with van der Waals surface area (Å²) in [5.74, 6) is -0.305. The molecule has 0 radical (unpaired) electrons. The number of rotatable bonds is 7. The van der Waals surface area contributed by atoms with Gasteiger partial charge in [-0.2, -0.15) is 4.31 Å². The predicted octanol–water partition coefficient (Wildman–Crippen LogP) is 2.71. The van der Waals surface area contributed by atoms with E-state index in [1.54, 1.807) is 57.4 Å². The van der Waals surface area contributed by atoms with Gasteiger partial charge in [0.25, 0.3) is 0 Å². The average molecular weight is 522 g/mol. The second kappa shape index (κ2) is 11.2. The van der Waals surface area contributed by atoms with Gasteiger partial charge in [-0.25, -0.2) is 18.4 Å². The molecule has 1 fully saturated rings. The summed E-state index contributed by atoms with van der Waals surface area (Å²) in [6.07, 6.45) is 3.35. The van der Waals surface area contributed by atoms with E-state index in [2.05, 4.69) is 15.3 Å². The van der Waals surface area contributed by atoms with Crippen LogP contribution in [0.15, 0.2) is 78.0 Å². The number of sulfonamides is 1. The molecule has 1 saturated heterocycles. The molecular formula is C27H31N5O4S. The number of aromatic nitrogens is 2. The van der Waals surface area contributed by atoms with E-state index in [4.69, 9.17) is 0 Å². The fourth-order valence-corrected chi connectivity index (χ4v) is 5.94. The van der Waals surface area contributed by atoms with Crippen LogP contribution < -0.4 is 5.32 Å². The molecule has 1 N–H and O–H groups in total. The fraction of sp³-hybridized carbons (Fsp3) is 0.333. The smallest absolute Gasteiger partial charge is 0.244 e. The number of carbonyl (C=O) groups excluding carboxylic acids is 2. The first-order valence-corrected chi connectivity index (χ1v) is 13.6. The van der Waals surface area contributed by atoms with Gasteiger partial charge in [-0.1, -0.05) is 56.3 Å². The highest BCUT2D eigenvalue weighted by molar-refractivity contribution is 7.89. The van der Waals surface area contributed by atoms with Crippen molar-refractivity contribution < 1.29 is 18.0 Å². The third kappa shape index (κ3) is 5.86. The van der Waals surface area contributed by atoms with Crippen molar-refractivity contribution in [2.75, 3.05) is 13.1 Å². The molecule has 1 aromatic heterocycles. The van der Waals surface area contributed by atoms with Gasteiger partial charge in [0.1, 0.15) is 6.04 Å². The molecule has 0 spiro atoms. The lowest BCUT2D eigenvalue weighted by molar-refractivity contribution is -0.148. The van der Waals surface area contributed by atoms with E-state index in [9.17, 15) is 18.0 Å². The molecule has 37 heavy (non-hydrogen) atoms. The van der Waals surface area contributed by atoms with E-state index in [-0.39, 0.29) is 36.4 Å². The molecule has 0 bridgehead atoms. The van der Waals surface area contributed by atoms with E-state index in [1.807, 2.05) is 24.3 Å². The van der Waals surface area contributed by atoms with Gasteiger partial charge in [-0.3, -0.25) is 9.59 Å². The van der Waals surface area contributed by atoms with Crippen LogP contribution >= 0.6 is 0 Å². The number of hydrogen-bond donors (Lipinski definition) is 1. The number of nitrogens with zero attached hydrogens (tertiary/aromatic N) is 4. The number of piperazine rings is 1. The molecule has 2 amide bonds. The molecular weight excluding hydrogens is 490 g/mol. The maximum atomic E-state index is 13.4. The Bertz CT molecular complexity index is 1330. The third-order valence-electron chi connectivity index (χ3n) is 6.33. The standard InChI is InChI=1S/C27H31N5O4S/c1-19(2)27(34)32-20(3)17-31(37(35,36)23-8-5-4-6-9-23)18-24(32)26(33)30-16-21-10-12-22(13-11-21)25-28-14-7-15-29-25/h4-15,19-20,24H,16-18H2,1-3H3,(H,30,33)/t20-,24-/m1/s1. The fourth-order valence-electron chi connectivity index (χ4n) is 4.39. The molecule has 0 saturated carbocycles. The molecule has 1 aliphatic rings. The summed E-state index contributed by atoms with van der Waals surface area (Å²) in [6, 6.07) is 16.0. The van der Waals surface area contributed by atoms with Crippen LogP contribution in [0.1, 0.15) is 26.3 Å². The molecule has 0 aliphatic carbocycles. The van der Waals surface area contributed by atoms with Crippen molar-refractivity contribution in [3.05, 3.63) is 78.6 Å². The Morgan fingerprint density at radius 1 is 0.973 bits per heavy atom. The quantitative estimate of drug-likeness (QED) is 0.512. The van der Waals surface area contributed by atoms with Gasteiger partial charge in [-0.05, 0) is 30.7 Å². The van der Waals surface area contributed by atoms with Crippen LogP contribution in [0, 0.1) is 5.92 Å². The van der Waals surface area contributed by atoms with Crippen molar-refractivity contribution in [1.82, 2.24) is 24.5 Å². The first-order valence-electron chi connectivity index (χ1n) is 12.2. The summed E-state index contributed by atoms with van der Waals surface area (Å²) in [7, 11) is -3.83. The third-order valence-corrected chi connectivity index (χ3v) is 8.18. The maximum absolute atomic E-state index is 13.4. The number of hydrogen-bond acceptors (Lipinski definition) is 6. The monoisotopic (exact) mass is 521 g/mol. The Kier molecular flexibility index (Phi) is 7.99. The molecule has 4 rings (SSSR count). The topological polar surface area (TPSA) is 113 Å². The van der Waals surface area contributed by atoms with Crippen molar-refractivity contribution in [3.8, 4) is 11.4 Å². The minimum absolute atomic E-state index is 0.114. The predicted molar refractivity (Wildman–Crippen MR) is 139 cm³/mol. The Hall–Kier alpha value is -3.63. The highest BCUT2D eigenvalue weighted by Gasteiger charge is 2.43. The van der Waals surface area contributed by atoms with Crippen LogP contribution in [0.5, 0.6) is 0 Å². The molecule has 10 heteroatoms. The highest BCUT2D eigenvalue weighted by Crippen LogP contribution is 2.25. The zero-order valence-corrected chi connectivity index (χ0v) is 21.9. The van der Waals surface area contributed by atoms with Crippen molar-refractivity contribution in [2.24, 2.45) is 5.92 Å². The Morgan fingerprint density at radius 2 is 1.62 bits per heavy atom. The zero-order chi connectivity index (χ0) is 26.6. The number of benzene rings is 2. The minimum Gasteiger partial charge on any atom is -0.350 e. The van der Waals surface area contributed by atoms with Gasteiger partial charge in [0.05, 0.1) is 4.90 Å². The van der Waals surface area contributed by atoms with Crippen LogP contribution in [-0.4, -0.2) is 64.6 Å². The van der Waals surface area contributed by atoms with Crippen LogP contribution in [0.2, 0.25) is 0 Å². The van der Waals surface area contributed by atoms with Crippen molar-refractivity contribution in [2.45, 2.75) is 44.3 Å². The number of nitrogens with one attached hydrogen (secondary N) is 1. The first kappa shape index (κ1) is 26.4. The first-order chi connectivity index (χ1) is 17.7. The summed E-state index contributed by atoms with van der Waals surface area (Å²) in [6.45, 7) is 5.55. The second-order valence-corrected chi connectivity index (χ2v) is 11.3. The average Bonchev–Trinajstić information content (AvgIpc) is 2.92. The summed E-state index contributed by atoms with van der Waals surface area (Å²) in [5.41, 5.74) is 1.71. The number of carbonyl (C=O) groups is 2. The van der Waals surface area contributed by atoms with Gasteiger partial charge in [0, 0.05) is 49.6 Å². The van der Waals surface area contributed by atoms with Crippen LogP contribution in [0.3, 0.4) is 0 Å². The molecule has 194 valence electrons. The van der Waals surface area contributed by atoms with E-state index in [1.165, 1.54) is 21.3 Å².